The molecule has 104 valence electrons. The van der Waals surface area contributed by atoms with E-state index in [-0.39, 0.29) is 11.8 Å². The van der Waals surface area contributed by atoms with E-state index in [1.54, 1.807) is 4.90 Å². The van der Waals surface area contributed by atoms with Gasteiger partial charge in [0.25, 0.3) is 0 Å². The van der Waals surface area contributed by atoms with Crippen molar-refractivity contribution in [1.82, 2.24) is 4.90 Å². The molecule has 0 radical (unpaired) electrons. The fourth-order valence-electron chi connectivity index (χ4n) is 2.72. The van der Waals surface area contributed by atoms with Gasteiger partial charge < -0.3 is 15.7 Å². The second kappa shape index (κ2) is 5.69. The van der Waals surface area contributed by atoms with Crippen LogP contribution < -0.4 is 5.73 Å². The van der Waals surface area contributed by atoms with E-state index in [1.165, 1.54) is 0 Å². The van der Waals surface area contributed by atoms with Crippen LogP contribution in [0.5, 0.6) is 0 Å². The smallest absolute Gasteiger partial charge is 0.308 e. The number of rotatable bonds is 5. The third-order valence-corrected chi connectivity index (χ3v) is 4.41. The van der Waals surface area contributed by atoms with Crippen LogP contribution in [0.2, 0.25) is 0 Å². The number of carbonyl (C=O) groups excluding carboxylic acids is 1. The maximum atomic E-state index is 12.5. The lowest BCUT2D eigenvalue weighted by atomic mass is 9.81. The van der Waals surface area contributed by atoms with Crippen LogP contribution >= 0.6 is 0 Å². The largest absolute Gasteiger partial charge is 0.481 e. The molecule has 3 N–H and O–H groups in total. The molecular formula is C13H24N2O3. The maximum absolute atomic E-state index is 12.5. The fraction of sp³-hybridized carbons (Fsp3) is 0.846. The standard InChI is InChI=1S/C13H24N2O3/c1-4-13(5-2,8-14)12(18)15-6-9(3)10(7-15)11(16)17/h9-10H,4-8,14H2,1-3H3,(H,16,17). The lowest BCUT2D eigenvalue weighted by Gasteiger charge is -2.33. The van der Waals surface area contributed by atoms with E-state index >= 15 is 0 Å². The fourth-order valence-corrected chi connectivity index (χ4v) is 2.72. The van der Waals surface area contributed by atoms with Gasteiger partial charge in [-0.3, -0.25) is 9.59 Å². The summed E-state index contributed by atoms with van der Waals surface area (Å²) in [6, 6.07) is 0. The zero-order valence-corrected chi connectivity index (χ0v) is 11.5. The lowest BCUT2D eigenvalue weighted by molar-refractivity contribution is -0.143. The first-order valence-electron chi connectivity index (χ1n) is 6.64. The van der Waals surface area contributed by atoms with Crippen LogP contribution in [0.15, 0.2) is 0 Å². The van der Waals surface area contributed by atoms with Gasteiger partial charge in [0.15, 0.2) is 0 Å². The third kappa shape index (κ3) is 2.51. The molecule has 2 unspecified atom stereocenters. The number of nitrogens with zero attached hydrogens (tertiary/aromatic N) is 1. The van der Waals surface area contributed by atoms with Crippen LogP contribution in [-0.2, 0) is 9.59 Å². The molecule has 0 aliphatic carbocycles. The molecule has 1 rings (SSSR count). The highest BCUT2D eigenvalue weighted by atomic mass is 16.4. The number of carboxylic acid groups (broad SMARTS) is 1. The lowest BCUT2D eigenvalue weighted by Crippen LogP contribution is -2.47. The second-order valence-electron chi connectivity index (χ2n) is 5.32. The Kier molecular flexibility index (Phi) is 4.73. The van der Waals surface area contributed by atoms with Crippen molar-refractivity contribution in [2.75, 3.05) is 19.6 Å². The predicted octanol–water partition coefficient (Wildman–Crippen LogP) is 0.931. The average molecular weight is 256 g/mol. The monoisotopic (exact) mass is 256 g/mol. The molecule has 1 amide bonds. The van der Waals surface area contributed by atoms with E-state index in [0.29, 0.717) is 32.5 Å². The number of likely N-dealkylation sites (tertiary alicyclic amines) is 1. The van der Waals surface area contributed by atoms with Gasteiger partial charge in [0.2, 0.25) is 5.91 Å². The van der Waals surface area contributed by atoms with E-state index in [9.17, 15) is 9.59 Å². The second-order valence-corrected chi connectivity index (χ2v) is 5.32. The molecule has 0 saturated carbocycles. The highest BCUT2D eigenvalue weighted by Crippen LogP contribution is 2.32. The van der Waals surface area contributed by atoms with Gasteiger partial charge in [-0.25, -0.2) is 0 Å². The minimum atomic E-state index is -0.816. The molecule has 1 heterocycles. The Balaban J connectivity index is 2.83. The topological polar surface area (TPSA) is 83.6 Å². The van der Waals surface area contributed by atoms with Crippen molar-refractivity contribution in [3.63, 3.8) is 0 Å². The van der Waals surface area contributed by atoms with Crippen molar-refractivity contribution < 1.29 is 14.7 Å². The predicted molar refractivity (Wildman–Crippen MR) is 68.9 cm³/mol. The first kappa shape index (κ1) is 15.0. The SMILES string of the molecule is CCC(CC)(CN)C(=O)N1CC(C)C(C(=O)O)C1. The van der Waals surface area contributed by atoms with E-state index in [4.69, 9.17) is 10.8 Å². The zero-order valence-electron chi connectivity index (χ0n) is 11.5. The van der Waals surface area contributed by atoms with Gasteiger partial charge in [-0.15, -0.1) is 0 Å². The Labute approximate surface area is 108 Å². The summed E-state index contributed by atoms with van der Waals surface area (Å²) in [6.45, 7) is 6.97. The Morgan fingerprint density at radius 2 is 1.89 bits per heavy atom. The van der Waals surface area contributed by atoms with E-state index < -0.39 is 17.3 Å². The summed E-state index contributed by atoms with van der Waals surface area (Å²) in [5.41, 5.74) is 5.24. The van der Waals surface area contributed by atoms with Gasteiger partial charge in [0, 0.05) is 19.6 Å². The molecule has 1 aliphatic rings. The van der Waals surface area contributed by atoms with Crippen molar-refractivity contribution in [3.8, 4) is 0 Å². The summed E-state index contributed by atoms with van der Waals surface area (Å²) in [6.07, 6.45) is 1.39. The number of hydrogen-bond donors (Lipinski definition) is 2. The van der Waals surface area contributed by atoms with Crippen molar-refractivity contribution in [1.29, 1.82) is 0 Å². The van der Waals surface area contributed by atoms with Gasteiger partial charge in [-0.1, -0.05) is 20.8 Å². The minimum Gasteiger partial charge on any atom is -0.481 e. The van der Waals surface area contributed by atoms with Crippen LogP contribution in [0.25, 0.3) is 0 Å². The highest BCUT2D eigenvalue weighted by Gasteiger charge is 2.43. The molecule has 5 heteroatoms. The van der Waals surface area contributed by atoms with Crippen molar-refractivity contribution >= 4 is 11.9 Å². The third-order valence-electron chi connectivity index (χ3n) is 4.41. The number of amides is 1. The molecule has 1 fully saturated rings. The summed E-state index contributed by atoms with van der Waals surface area (Å²) in [7, 11) is 0. The minimum absolute atomic E-state index is 0.00985. The number of hydrogen-bond acceptors (Lipinski definition) is 3. The van der Waals surface area contributed by atoms with E-state index in [1.807, 2.05) is 20.8 Å². The first-order valence-corrected chi connectivity index (χ1v) is 6.64. The number of carboxylic acids is 1. The zero-order chi connectivity index (χ0) is 13.9. The van der Waals surface area contributed by atoms with Crippen LogP contribution in [0.1, 0.15) is 33.6 Å². The number of nitrogens with two attached hydrogens (primary N) is 1. The molecule has 0 bridgehead atoms. The van der Waals surface area contributed by atoms with Crippen LogP contribution in [-0.4, -0.2) is 41.5 Å². The quantitative estimate of drug-likeness (QED) is 0.766. The van der Waals surface area contributed by atoms with Gasteiger partial charge in [-0.05, 0) is 18.8 Å². The van der Waals surface area contributed by atoms with Gasteiger partial charge in [0.05, 0.1) is 11.3 Å². The molecule has 1 saturated heterocycles. The molecule has 2 atom stereocenters. The average Bonchev–Trinajstić information content (AvgIpc) is 2.74. The van der Waals surface area contributed by atoms with E-state index in [2.05, 4.69) is 0 Å². The normalized spacial score (nSPS) is 24.3. The Bertz CT molecular complexity index is 318. The Morgan fingerprint density at radius 3 is 2.22 bits per heavy atom. The van der Waals surface area contributed by atoms with Crippen LogP contribution in [0.4, 0.5) is 0 Å². The van der Waals surface area contributed by atoms with Crippen LogP contribution in [0, 0.1) is 17.3 Å². The first-order chi connectivity index (χ1) is 8.41. The molecule has 5 nitrogen and oxygen atoms in total. The molecule has 1 aliphatic heterocycles. The summed E-state index contributed by atoms with van der Waals surface area (Å²) >= 11 is 0. The molecule has 0 aromatic carbocycles. The van der Waals surface area contributed by atoms with Crippen molar-refractivity contribution in [3.05, 3.63) is 0 Å². The molecule has 18 heavy (non-hydrogen) atoms. The van der Waals surface area contributed by atoms with Crippen molar-refractivity contribution in [2.24, 2.45) is 23.0 Å². The van der Waals surface area contributed by atoms with E-state index in [0.717, 1.165) is 0 Å². The van der Waals surface area contributed by atoms with Crippen molar-refractivity contribution in [2.45, 2.75) is 33.6 Å². The molecular weight excluding hydrogens is 232 g/mol. The summed E-state index contributed by atoms with van der Waals surface area (Å²) in [5.74, 6) is -1.23. The number of carbonyl (C=O) groups is 2. The summed E-state index contributed by atoms with van der Waals surface area (Å²) in [4.78, 5) is 25.3. The molecule has 0 spiro atoms. The van der Waals surface area contributed by atoms with Gasteiger partial charge >= 0.3 is 5.97 Å². The Morgan fingerprint density at radius 1 is 1.33 bits per heavy atom. The van der Waals surface area contributed by atoms with Gasteiger partial charge in [0.1, 0.15) is 0 Å². The molecule has 0 aromatic rings. The number of aliphatic carboxylic acids is 1. The summed E-state index contributed by atoms with van der Waals surface area (Å²) in [5, 5.41) is 9.09. The van der Waals surface area contributed by atoms with Crippen LogP contribution in [0.3, 0.4) is 0 Å². The molecule has 0 aromatic heterocycles. The highest BCUT2D eigenvalue weighted by molar-refractivity contribution is 5.84. The maximum Gasteiger partial charge on any atom is 0.308 e. The Hall–Kier alpha value is -1.10. The summed E-state index contributed by atoms with van der Waals surface area (Å²) < 4.78 is 0. The van der Waals surface area contributed by atoms with Gasteiger partial charge in [-0.2, -0.15) is 0 Å².